The molecule has 1 amide bonds. The van der Waals surface area contributed by atoms with Crippen molar-refractivity contribution >= 4 is 35.2 Å². The Morgan fingerprint density at radius 2 is 1.48 bits per heavy atom. The van der Waals surface area contributed by atoms with Gasteiger partial charge in [0.05, 0.1) is 23.4 Å². The van der Waals surface area contributed by atoms with Gasteiger partial charge in [-0.3, -0.25) is 9.69 Å². The van der Waals surface area contributed by atoms with Crippen molar-refractivity contribution in [2.45, 2.75) is 32.7 Å². The summed E-state index contributed by atoms with van der Waals surface area (Å²) in [6.45, 7) is 6.20. The maximum atomic E-state index is 13.0. The minimum Gasteiger partial charge on any atom is -0.493 e. The summed E-state index contributed by atoms with van der Waals surface area (Å²) in [4.78, 5) is 21.5. The number of pyridine rings is 1. The van der Waals surface area contributed by atoms with E-state index in [-0.39, 0.29) is 18.4 Å². The maximum Gasteiger partial charge on any atom is 0.416 e. The smallest absolute Gasteiger partial charge is 0.416 e. The van der Waals surface area contributed by atoms with Crippen molar-refractivity contribution in [1.82, 2.24) is 14.8 Å². The third-order valence-electron chi connectivity index (χ3n) is 8.86. The van der Waals surface area contributed by atoms with Crippen molar-refractivity contribution in [2.75, 3.05) is 32.8 Å². The lowest BCUT2D eigenvalue weighted by molar-refractivity contribution is -0.137. The average Bonchev–Trinajstić information content (AvgIpc) is 3.16. The van der Waals surface area contributed by atoms with Crippen LogP contribution in [0.3, 0.4) is 0 Å². The number of carbonyl (C=O) groups is 1. The molecule has 54 heavy (non-hydrogen) atoms. The molecule has 2 heterocycles. The summed E-state index contributed by atoms with van der Waals surface area (Å²) in [7, 11) is 0. The van der Waals surface area contributed by atoms with Gasteiger partial charge in [0.15, 0.2) is 5.75 Å². The van der Waals surface area contributed by atoms with Gasteiger partial charge in [0, 0.05) is 56.3 Å². The van der Waals surface area contributed by atoms with Crippen molar-refractivity contribution in [2.24, 2.45) is 0 Å². The first-order valence-corrected chi connectivity index (χ1v) is 18.1. The summed E-state index contributed by atoms with van der Waals surface area (Å²) >= 11 is 12.5. The Morgan fingerprint density at radius 1 is 0.815 bits per heavy atom. The number of halogens is 5. The quantitative estimate of drug-likeness (QED) is 0.111. The number of piperazine rings is 1. The summed E-state index contributed by atoms with van der Waals surface area (Å²) in [5, 5.41) is 1.05. The minimum absolute atomic E-state index is 0.0567. The van der Waals surface area contributed by atoms with Crippen LogP contribution in [-0.4, -0.2) is 53.5 Å². The second-order valence-corrected chi connectivity index (χ2v) is 13.7. The van der Waals surface area contributed by atoms with Crippen LogP contribution in [0.15, 0.2) is 109 Å². The van der Waals surface area contributed by atoms with Crippen molar-refractivity contribution in [3.05, 3.63) is 153 Å². The first-order valence-electron chi connectivity index (χ1n) is 17.4. The highest BCUT2D eigenvalue weighted by Gasteiger charge is 2.30. The van der Waals surface area contributed by atoms with E-state index in [0.717, 1.165) is 55.1 Å². The Morgan fingerprint density at radius 3 is 2.13 bits per heavy atom. The van der Waals surface area contributed by atoms with Crippen LogP contribution in [0.1, 0.15) is 33.4 Å². The number of rotatable bonds is 13. The van der Waals surface area contributed by atoms with Gasteiger partial charge >= 0.3 is 6.18 Å². The zero-order chi connectivity index (χ0) is 38.1. The molecule has 0 radical (unpaired) electrons. The van der Waals surface area contributed by atoms with E-state index in [4.69, 9.17) is 37.4 Å². The van der Waals surface area contributed by atoms with Gasteiger partial charge in [0.25, 0.3) is 0 Å². The third-order valence-corrected chi connectivity index (χ3v) is 9.39. The van der Waals surface area contributed by atoms with E-state index in [1.165, 1.54) is 29.5 Å². The molecule has 0 bridgehead atoms. The normalized spacial score (nSPS) is 13.6. The molecular formula is C42H38Cl2F3N3O4. The van der Waals surface area contributed by atoms with Gasteiger partial charge in [0.1, 0.15) is 18.1 Å². The highest BCUT2D eigenvalue weighted by Crippen LogP contribution is 2.34. The lowest BCUT2D eigenvalue weighted by Gasteiger charge is -2.34. The lowest BCUT2D eigenvalue weighted by atomic mass is 10.1. The molecule has 6 rings (SSSR count). The fraction of sp³-hybridized carbons (Fsp3) is 0.238. The van der Waals surface area contributed by atoms with Crippen molar-refractivity contribution < 1.29 is 32.2 Å². The number of hydrogen-bond donors (Lipinski definition) is 0. The number of amides is 1. The van der Waals surface area contributed by atoms with E-state index < -0.39 is 11.7 Å². The van der Waals surface area contributed by atoms with Crippen LogP contribution in [0.4, 0.5) is 13.2 Å². The molecule has 0 atom stereocenters. The van der Waals surface area contributed by atoms with Crippen LogP contribution in [0.25, 0.3) is 6.08 Å². The number of carbonyl (C=O) groups excluding carboxylic acids is 1. The van der Waals surface area contributed by atoms with E-state index in [2.05, 4.69) is 34.1 Å². The van der Waals surface area contributed by atoms with E-state index in [9.17, 15) is 18.0 Å². The SMILES string of the molecule is Cc1cc(C=CC(=O)N2CCN(Cc3ccc(CCOc4ccc(Cl)cc4)cc3)CC2)cc(Cl)c1Oc1ccc(OCc2ccc(C(F)(F)F)cc2)cn1. The summed E-state index contributed by atoms with van der Waals surface area (Å²) in [5.74, 6) is 1.89. The molecule has 0 spiro atoms. The van der Waals surface area contributed by atoms with Gasteiger partial charge in [-0.25, -0.2) is 4.98 Å². The van der Waals surface area contributed by atoms with Gasteiger partial charge in [-0.1, -0.05) is 59.6 Å². The first-order chi connectivity index (χ1) is 26.0. The van der Waals surface area contributed by atoms with Crippen molar-refractivity contribution in [3.8, 4) is 23.1 Å². The summed E-state index contributed by atoms with van der Waals surface area (Å²) in [5.41, 5.74) is 3.84. The lowest BCUT2D eigenvalue weighted by Crippen LogP contribution is -2.47. The largest absolute Gasteiger partial charge is 0.493 e. The molecule has 1 aliphatic heterocycles. The van der Waals surface area contributed by atoms with Crippen LogP contribution in [-0.2, 0) is 30.5 Å². The zero-order valence-corrected chi connectivity index (χ0v) is 31.0. The molecule has 280 valence electrons. The second-order valence-electron chi connectivity index (χ2n) is 12.9. The molecule has 1 aromatic heterocycles. The highest BCUT2D eigenvalue weighted by atomic mass is 35.5. The summed E-state index contributed by atoms with van der Waals surface area (Å²) < 4.78 is 55.8. The Bertz CT molecular complexity index is 2010. The first kappa shape index (κ1) is 38.7. The van der Waals surface area contributed by atoms with Crippen LogP contribution >= 0.6 is 23.2 Å². The fourth-order valence-corrected chi connectivity index (χ4v) is 6.28. The van der Waals surface area contributed by atoms with Gasteiger partial charge in [-0.15, -0.1) is 0 Å². The van der Waals surface area contributed by atoms with Crippen molar-refractivity contribution in [3.63, 3.8) is 0 Å². The molecule has 12 heteroatoms. The predicted molar refractivity (Wildman–Crippen MR) is 204 cm³/mol. The van der Waals surface area contributed by atoms with Gasteiger partial charge in [-0.2, -0.15) is 13.2 Å². The second kappa shape index (κ2) is 17.9. The van der Waals surface area contributed by atoms with Crippen molar-refractivity contribution in [1.29, 1.82) is 0 Å². The molecule has 1 aliphatic rings. The number of aromatic nitrogens is 1. The Balaban J connectivity index is 0.929. The highest BCUT2D eigenvalue weighted by molar-refractivity contribution is 6.32. The topological polar surface area (TPSA) is 64.1 Å². The Labute approximate surface area is 322 Å². The van der Waals surface area contributed by atoms with Gasteiger partial charge < -0.3 is 19.1 Å². The van der Waals surface area contributed by atoms with E-state index in [0.29, 0.717) is 46.8 Å². The van der Waals surface area contributed by atoms with Crippen LogP contribution in [0.5, 0.6) is 23.1 Å². The molecule has 0 N–H and O–H groups in total. The van der Waals surface area contributed by atoms with E-state index >= 15 is 0 Å². The van der Waals surface area contributed by atoms with Gasteiger partial charge in [0.2, 0.25) is 11.8 Å². The predicted octanol–water partition coefficient (Wildman–Crippen LogP) is 10.1. The Hall–Kier alpha value is -5.03. The minimum atomic E-state index is -4.39. The molecule has 5 aromatic rings. The molecular weight excluding hydrogens is 738 g/mol. The van der Waals surface area contributed by atoms with Gasteiger partial charge in [-0.05, 0) is 95.4 Å². The number of aryl methyl sites for hydroxylation is 1. The standard InChI is InChI=1S/C42H38Cl2F3N3O4/c1-29-24-33(25-38(44)41(29)54-39-16-15-37(26-48-39)53-28-32-6-9-34(10-7-32)42(45,46)47)8-17-40(51)50-21-19-49(20-22-50)27-31-4-2-30(3-5-31)18-23-52-36-13-11-35(43)12-14-36/h2-17,24-26H,18-23,27-28H2,1H3. The number of alkyl halides is 3. The molecule has 4 aromatic carbocycles. The van der Waals surface area contributed by atoms with Crippen LogP contribution in [0.2, 0.25) is 10.0 Å². The fourth-order valence-electron chi connectivity index (χ4n) is 5.84. The number of ether oxygens (including phenoxy) is 3. The molecule has 1 saturated heterocycles. The molecule has 0 saturated carbocycles. The maximum absolute atomic E-state index is 13.0. The monoisotopic (exact) mass is 775 g/mol. The van der Waals surface area contributed by atoms with Crippen LogP contribution < -0.4 is 14.2 Å². The van der Waals surface area contributed by atoms with E-state index in [1.54, 1.807) is 30.4 Å². The Kier molecular flexibility index (Phi) is 12.8. The summed E-state index contributed by atoms with van der Waals surface area (Å²) in [6, 6.07) is 27.6. The molecule has 0 unspecified atom stereocenters. The number of nitrogens with zero attached hydrogens (tertiary/aromatic N) is 3. The summed E-state index contributed by atoms with van der Waals surface area (Å²) in [6.07, 6.45) is 1.21. The number of hydrogen-bond acceptors (Lipinski definition) is 6. The average molecular weight is 777 g/mol. The third kappa shape index (κ3) is 11.0. The zero-order valence-electron chi connectivity index (χ0n) is 29.5. The van der Waals surface area contributed by atoms with Crippen LogP contribution in [0, 0.1) is 6.92 Å². The van der Waals surface area contributed by atoms with E-state index in [1.807, 2.05) is 42.2 Å². The molecule has 7 nitrogen and oxygen atoms in total. The number of benzene rings is 4. The molecule has 1 fully saturated rings. The molecule has 0 aliphatic carbocycles.